The minimum atomic E-state index is -3.74. The largest absolute Gasteiger partial charge is 0.372 e. The Morgan fingerprint density at radius 3 is 2.28 bits per heavy atom. The lowest BCUT2D eigenvalue weighted by Crippen LogP contribution is -2.45. The summed E-state index contributed by atoms with van der Waals surface area (Å²) in [6, 6.07) is 4.13. The molecule has 0 aliphatic carbocycles. The summed E-state index contributed by atoms with van der Waals surface area (Å²) in [6.07, 6.45) is -0.107. The van der Waals surface area contributed by atoms with Gasteiger partial charge in [-0.25, -0.2) is 8.42 Å². The van der Waals surface area contributed by atoms with Crippen LogP contribution >= 0.6 is 0 Å². The summed E-state index contributed by atoms with van der Waals surface area (Å²) in [4.78, 5) is 12.9. The highest BCUT2D eigenvalue weighted by atomic mass is 32.2. The first-order valence-corrected chi connectivity index (χ1v) is 9.83. The number of hydrogen-bond donors (Lipinski definition) is 0. The maximum atomic E-state index is 12.6. The van der Waals surface area contributed by atoms with E-state index in [9.17, 15) is 18.5 Å². The average molecular weight is 371 g/mol. The van der Waals surface area contributed by atoms with E-state index in [0.717, 1.165) is 6.07 Å². The van der Waals surface area contributed by atoms with Crippen LogP contribution in [-0.2, 0) is 14.8 Å². The second-order valence-corrected chi connectivity index (χ2v) is 8.10. The van der Waals surface area contributed by atoms with E-state index in [2.05, 4.69) is 0 Å². The van der Waals surface area contributed by atoms with Gasteiger partial charge in [-0.2, -0.15) is 4.31 Å². The normalized spacial score (nSPS) is 21.6. The second kappa shape index (κ2) is 7.67. The Morgan fingerprint density at radius 2 is 1.80 bits per heavy atom. The maximum Gasteiger partial charge on any atom is 0.293 e. The molecule has 140 valence electrons. The summed E-state index contributed by atoms with van der Waals surface area (Å²) < 4.78 is 32.2. The summed E-state index contributed by atoms with van der Waals surface area (Å²) in [7, 11) is -3.74. The van der Waals surface area contributed by atoms with Crippen molar-refractivity contribution in [3.05, 3.63) is 28.3 Å². The molecule has 2 atom stereocenters. The van der Waals surface area contributed by atoms with Crippen LogP contribution in [0.5, 0.6) is 0 Å². The fourth-order valence-electron chi connectivity index (χ4n) is 3.16. The van der Waals surface area contributed by atoms with Gasteiger partial charge in [0.25, 0.3) is 5.69 Å². The van der Waals surface area contributed by atoms with Crippen LogP contribution in [0.4, 0.5) is 11.4 Å². The molecule has 0 spiro atoms. The van der Waals surface area contributed by atoms with Gasteiger partial charge in [-0.3, -0.25) is 10.1 Å². The highest BCUT2D eigenvalue weighted by molar-refractivity contribution is 7.89. The Balaban J connectivity index is 2.47. The quantitative estimate of drug-likeness (QED) is 0.562. The molecule has 1 aliphatic heterocycles. The molecule has 25 heavy (non-hydrogen) atoms. The van der Waals surface area contributed by atoms with Gasteiger partial charge in [0, 0.05) is 32.2 Å². The predicted octanol–water partition coefficient (Wildman–Crippen LogP) is 2.24. The van der Waals surface area contributed by atoms with E-state index in [1.807, 2.05) is 18.7 Å². The molecule has 1 saturated heterocycles. The molecule has 9 heteroatoms. The second-order valence-electron chi connectivity index (χ2n) is 6.16. The first-order valence-electron chi connectivity index (χ1n) is 8.39. The zero-order chi connectivity index (χ0) is 18.8. The molecule has 1 aromatic carbocycles. The number of ether oxygens (including phenoxy) is 1. The minimum absolute atomic E-state index is 0.0533. The number of sulfonamides is 1. The predicted molar refractivity (Wildman–Crippen MR) is 95.4 cm³/mol. The van der Waals surface area contributed by atoms with Crippen molar-refractivity contribution < 1.29 is 18.1 Å². The lowest BCUT2D eigenvalue weighted by Gasteiger charge is -2.36. The van der Waals surface area contributed by atoms with Crippen molar-refractivity contribution in [1.29, 1.82) is 0 Å². The molecule has 0 N–H and O–H groups in total. The summed E-state index contributed by atoms with van der Waals surface area (Å²) in [5.41, 5.74) is 0.222. The Bertz CT molecular complexity index is 723. The van der Waals surface area contributed by atoms with Crippen molar-refractivity contribution in [3.63, 3.8) is 0 Å². The molecule has 0 bridgehead atoms. The lowest BCUT2D eigenvalue weighted by molar-refractivity contribution is -0.384. The minimum Gasteiger partial charge on any atom is -0.372 e. The van der Waals surface area contributed by atoms with Crippen LogP contribution in [0.3, 0.4) is 0 Å². The number of nitro groups is 1. The van der Waals surface area contributed by atoms with E-state index in [1.54, 1.807) is 13.8 Å². The SMILES string of the molecule is CCN(CC)S(=O)(=O)c1ccc(N2C[C@@H](C)O[C@H](C)C2)c([N+](=O)[O-])c1. The molecule has 1 aromatic rings. The monoisotopic (exact) mass is 371 g/mol. The van der Waals surface area contributed by atoms with Gasteiger partial charge < -0.3 is 9.64 Å². The van der Waals surface area contributed by atoms with Crippen molar-refractivity contribution in [2.75, 3.05) is 31.1 Å². The Morgan fingerprint density at radius 1 is 1.24 bits per heavy atom. The summed E-state index contributed by atoms with van der Waals surface area (Å²) in [6.45, 7) is 8.96. The maximum absolute atomic E-state index is 12.6. The van der Waals surface area contributed by atoms with E-state index >= 15 is 0 Å². The van der Waals surface area contributed by atoms with Gasteiger partial charge in [-0.1, -0.05) is 13.8 Å². The number of morpholine rings is 1. The fourth-order valence-corrected chi connectivity index (χ4v) is 4.64. The molecular formula is C16H25N3O5S. The Labute approximate surface area is 148 Å². The van der Waals surface area contributed by atoms with E-state index in [1.165, 1.54) is 16.4 Å². The van der Waals surface area contributed by atoms with Crippen molar-refractivity contribution in [2.24, 2.45) is 0 Å². The van der Waals surface area contributed by atoms with E-state index < -0.39 is 14.9 Å². The standard InChI is InChI=1S/C16H25N3O5S/c1-5-18(6-2)25(22,23)14-7-8-15(16(9-14)19(20)21)17-10-12(3)24-13(4)11-17/h7-9,12-13H,5-6,10-11H2,1-4H3/t12-,13-/m1/s1. The molecule has 0 aromatic heterocycles. The first-order chi connectivity index (χ1) is 11.7. The van der Waals surface area contributed by atoms with E-state index in [-0.39, 0.29) is 22.8 Å². The van der Waals surface area contributed by atoms with E-state index in [4.69, 9.17) is 4.74 Å². The molecule has 8 nitrogen and oxygen atoms in total. The van der Waals surface area contributed by atoms with Crippen LogP contribution in [0.1, 0.15) is 27.7 Å². The topological polar surface area (TPSA) is 93.0 Å². The highest BCUT2D eigenvalue weighted by Gasteiger charge is 2.30. The van der Waals surface area contributed by atoms with Gasteiger partial charge in [0.2, 0.25) is 10.0 Å². The lowest BCUT2D eigenvalue weighted by atomic mass is 10.2. The third kappa shape index (κ3) is 4.10. The zero-order valence-corrected chi connectivity index (χ0v) is 15.8. The molecular weight excluding hydrogens is 346 g/mol. The van der Waals surface area contributed by atoms with Gasteiger partial charge in [0.05, 0.1) is 22.0 Å². The van der Waals surface area contributed by atoms with Gasteiger partial charge in [0.1, 0.15) is 5.69 Å². The summed E-state index contributed by atoms with van der Waals surface area (Å²) in [5, 5.41) is 11.6. The van der Waals surface area contributed by atoms with E-state index in [0.29, 0.717) is 31.9 Å². The molecule has 1 heterocycles. The Kier molecular flexibility index (Phi) is 6.02. The van der Waals surface area contributed by atoms with Gasteiger partial charge >= 0.3 is 0 Å². The van der Waals surface area contributed by atoms with Gasteiger partial charge in [-0.15, -0.1) is 0 Å². The molecule has 2 rings (SSSR count). The number of benzene rings is 1. The Hall–Kier alpha value is -1.71. The van der Waals surface area contributed by atoms with Crippen molar-refractivity contribution in [3.8, 4) is 0 Å². The first kappa shape index (κ1) is 19.6. The van der Waals surface area contributed by atoms with Gasteiger partial charge in [0.15, 0.2) is 0 Å². The van der Waals surface area contributed by atoms with Crippen molar-refractivity contribution in [1.82, 2.24) is 4.31 Å². The van der Waals surface area contributed by atoms with Crippen LogP contribution in [0.2, 0.25) is 0 Å². The van der Waals surface area contributed by atoms with Crippen LogP contribution in [0, 0.1) is 10.1 Å². The number of nitrogens with zero attached hydrogens (tertiary/aromatic N) is 3. The highest BCUT2D eigenvalue weighted by Crippen LogP contribution is 2.33. The van der Waals surface area contributed by atoms with Crippen molar-refractivity contribution in [2.45, 2.75) is 44.8 Å². The fraction of sp³-hybridized carbons (Fsp3) is 0.625. The van der Waals surface area contributed by atoms with Crippen molar-refractivity contribution >= 4 is 21.4 Å². The van der Waals surface area contributed by atoms with Gasteiger partial charge in [-0.05, 0) is 26.0 Å². The number of nitro benzene ring substituents is 1. The average Bonchev–Trinajstić information content (AvgIpc) is 2.54. The molecule has 0 amide bonds. The molecule has 0 unspecified atom stereocenters. The van der Waals surface area contributed by atoms with Crippen LogP contribution in [0.25, 0.3) is 0 Å². The summed E-state index contributed by atoms with van der Waals surface area (Å²) >= 11 is 0. The van der Waals surface area contributed by atoms with Crippen LogP contribution < -0.4 is 4.90 Å². The number of hydrogen-bond acceptors (Lipinski definition) is 6. The molecule has 0 saturated carbocycles. The summed E-state index contributed by atoms with van der Waals surface area (Å²) in [5.74, 6) is 0. The van der Waals surface area contributed by atoms with Crippen LogP contribution in [-0.4, -0.2) is 56.0 Å². The van der Waals surface area contributed by atoms with Crippen LogP contribution in [0.15, 0.2) is 23.1 Å². The molecule has 1 aliphatic rings. The zero-order valence-electron chi connectivity index (χ0n) is 15.0. The molecule has 0 radical (unpaired) electrons. The number of rotatable bonds is 6. The smallest absolute Gasteiger partial charge is 0.293 e. The third-order valence-electron chi connectivity index (χ3n) is 4.25. The number of anilines is 1. The third-order valence-corrected chi connectivity index (χ3v) is 6.29. The molecule has 1 fully saturated rings.